The van der Waals surface area contributed by atoms with Gasteiger partial charge in [-0.15, -0.1) is 0 Å². The Morgan fingerprint density at radius 3 is 3.00 bits per heavy atom. The fourth-order valence-electron chi connectivity index (χ4n) is 0.937. The van der Waals surface area contributed by atoms with E-state index in [9.17, 15) is 0 Å². The van der Waals surface area contributed by atoms with Gasteiger partial charge in [-0.1, -0.05) is 17.7 Å². The molecular weight excluding hydrogens is 227 g/mol. The van der Waals surface area contributed by atoms with E-state index >= 15 is 0 Å². The summed E-state index contributed by atoms with van der Waals surface area (Å²) in [5.41, 5.74) is 0.851. The van der Waals surface area contributed by atoms with E-state index in [1.54, 1.807) is 0 Å². The zero-order valence-electron chi connectivity index (χ0n) is 5.46. The zero-order chi connectivity index (χ0) is 7.84. The first-order chi connectivity index (χ1) is 5.29. The number of halogens is 2. The van der Waals surface area contributed by atoms with Crippen LogP contribution in [-0.4, -0.2) is 9.38 Å². The molecule has 2 rings (SSSR count). The first-order valence-corrected chi connectivity index (χ1v) is 4.24. The lowest BCUT2D eigenvalue weighted by Crippen LogP contribution is -1.80. The molecule has 0 saturated carbocycles. The Morgan fingerprint density at radius 1 is 1.45 bits per heavy atom. The first-order valence-electron chi connectivity index (χ1n) is 3.07. The number of hydrogen-bond donors (Lipinski definition) is 0. The molecule has 0 spiro atoms. The number of rotatable bonds is 0. The van der Waals surface area contributed by atoms with Gasteiger partial charge in [0, 0.05) is 6.20 Å². The maximum Gasteiger partial charge on any atom is 0.147 e. The maximum atomic E-state index is 5.90. The number of hydrogen-bond acceptors (Lipinski definition) is 1. The predicted molar refractivity (Wildman–Crippen MR) is 47.9 cm³/mol. The third-order valence-corrected chi connectivity index (χ3v) is 2.58. The molecule has 2 aromatic rings. The molecule has 0 radical (unpaired) electrons. The summed E-state index contributed by atoms with van der Waals surface area (Å²) in [6.45, 7) is 0. The molecule has 0 aliphatic rings. The summed E-state index contributed by atoms with van der Waals surface area (Å²) < 4.78 is 2.50. The lowest BCUT2D eigenvalue weighted by atomic mass is 10.5. The van der Waals surface area contributed by atoms with Gasteiger partial charge >= 0.3 is 0 Å². The van der Waals surface area contributed by atoms with E-state index in [4.69, 9.17) is 11.6 Å². The van der Waals surface area contributed by atoms with E-state index in [-0.39, 0.29) is 0 Å². The van der Waals surface area contributed by atoms with Gasteiger partial charge in [0.05, 0.1) is 0 Å². The number of fused-ring (bicyclic) bond motifs is 1. The van der Waals surface area contributed by atoms with E-state index in [1.807, 2.05) is 28.8 Å². The van der Waals surface area contributed by atoms with Crippen LogP contribution in [0.2, 0.25) is 5.15 Å². The second kappa shape index (κ2) is 2.50. The summed E-state index contributed by atoms with van der Waals surface area (Å²) in [7, 11) is 0. The number of aromatic nitrogens is 2. The van der Waals surface area contributed by atoms with Gasteiger partial charge in [0.2, 0.25) is 0 Å². The second-order valence-electron chi connectivity index (χ2n) is 2.12. The Balaban J connectivity index is 2.92. The second-order valence-corrected chi connectivity index (χ2v) is 3.23. The molecule has 0 atom stereocenters. The van der Waals surface area contributed by atoms with Crippen molar-refractivity contribution in [2.45, 2.75) is 0 Å². The van der Waals surface area contributed by atoms with Crippen LogP contribution in [0, 0.1) is 0 Å². The Hall–Kier alpha value is -0.540. The Kier molecular flexibility index (Phi) is 1.62. The van der Waals surface area contributed by atoms with Crippen LogP contribution < -0.4 is 0 Å². The molecule has 0 aliphatic heterocycles. The number of imidazole rings is 1. The smallest absolute Gasteiger partial charge is 0.147 e. The molecule has 0 amide bonds. The molecule has 2 nitrogen and oxygen atoms in total. The van der Waals surface area contributed by atoms with E-state index in [0.29, 0.717) is 9.76 Å². The molecule has 2 aromatic heterocycles. The fourth-order valence-corrected chi connectivity index (χ4v) is 1.50. The van der Waals surface area contributed by atoms with Gasteiger partial charge in [-0.25, -0.2) is 4.98 Å². The maximum absolute atomic E-state index is 5.90. The van der Waals surface area contributed by atoms with Crippen molar-refractivity contribution in [3.63, 3.8) is 0 Å². The molecular formula is C7H4BrClN2. The van der Waals surface area contributed by atoms with Crippen molar-refractivity contribution in [3.8, 4) is 0 Å². The normalized spacial score (nSPS) is 10.7. The van der Waals surface area contributed by atoms with Crippen molar-refractivity contribution >= 4 is 33.2 Å². The molecule has 0 N–H and O–H groups in total. The molecule has 0 aliphatic carbocycles. The van der Waals surface area contributed by atoms with Gasteiger partial charge in [0.15, 0.2) is 0 Å². The average molecular weight is 231 g/mol. The van der Waals surface area contributed by atoms with Crippen LogP contribution in [0.25, 0.3) is 5.65 Å². The highest BCUT2D eigenvalue weighted by atomic mass is 79.9. The molecule has 0 aromatic carbocycles. The van der Waals surface area contributed by atoms with Crippen molar-refractivity contribution in [2.24, 2.45) is 0 Å². The molecule has 0 fully saturated rings. The molecule has 2 heterocycles. The van der Waals surface area contributed by atoms with Gasteiger partial charge in [-0.2, -0.15) is 0 Å². The predicted octanol–water partition coefficient (Wildman–Crippen LogP) is 2.75. The SMILES string of the molecule is Clc1c(Br)nc2ccccn12. The highest BCUT2D eigenvalue weighted by molar-refractivity contribution is 9.10. The van der Waals surface area contributed by atoms with Gasteiger partial charge in [0.1, 0.15) is 15.4 Å². The molecule has 11 heavy (non-hydrogen) atoms. The summed E-state index contributed by atoms with van der Waals surface area (Å²) in [4.78, 5) is 4.16. The third-order valence-electron chi connectivity index (χ3n) is 1.43. The van der Waals surface area contributed by atoms with Crippen molar-refractivity contribution < 1.29 is 0 Å². The van der Waals surface area contributed by atoms with Crippen molar-refractivity contribution in [3.05, 3.63) is 34.2 Å². The number of pyridine rings is 1. The first kappa shape index (κ1) is 7.13. The minimum absolute atomic E-state index is 0.612. The van der Waals surface area contributed by atoms with Crippen LogP contribution in [0.3, 0.4) is 0 Å². The summed E-state index contributed by atoms with van der Waals surface area (Å²) >= 11 is 9.14. The monoisotopic (exact) mass is 230 g/mol. The molecule has 0 saturated heterocycles. The standard InChI is InChI=1S/C7H4BrClN2/c8-6-7(9)11-4-2-1-3-5(11)10-6/h1-4H. The number of nitrogens with zero attached hydrogens (tertiary/aromatic N) is 2. The van der Waals surface area contributed by atoms with E-state index in [2.05, 4.69) is 20.9 Å². The van der Waals surface area contributed by atoms with Crippen molar-refractivity contribution in [2.75, 3.05) is 0 Å². The van der Waals surface area contributed by atoms with Crippen molar-refractivity contribution in [1.29, 1.82) is 0 Å². The molecule has 0 bridgehead atoms. The van der Waals surface area contributed by atoms with Gasteiger partial charge in [-0.05, 0) is 28.1 Å². The summed E-state index contributed by atoms with van der Waals surface area (Å²) in [5.74, 6) is 0. The minimum atomic E-state index is 0.612. The van der Waals surface area contributed by atoms with Crippen LogP contribution in [-0.2, 0) is 0 Å². The highest BCUT2D eigenvalue weighted by Gasteiger charge is 2.04. The quantitative estimate of drug-likeness (QED) is 0.681. The van der Waals surface area contributed by atoms with Crippen LogP contribution in [0.1, 0.15) is 0 Å². The van der Waals surface area contributed by atoms with Crippen LogP contribution in [0.5, 0.6) is 0 Å². The Morgan fingerprint density at radius 2 is 2.27 bits per heavy atom. The summed E-state index contributed by atoms with van der Waals surface area (Å²) in [6.07, 6.45) is 1.87. The zero-order valence-corrected chi connectivity index (χ0v) is 7.80. The molecule has 56 valence electrons. The van der Waals surface area contributed by atoms with Gasteiger partial charge in [0.25, 0.3) is 0 Å². The molecule has 0 unspecified atom stereocenters. The van der Waals surface area contributed by atoms with Gasteiger partial charge in [-0.3, -0.25) is 4.40 Å². The van der Waals surface area contributed by atoms with Crippen LogP contribution in [0.15, 0.2) is 29.0 Å². The third kappa shape index (κ3) is 1.04. The largest absolute Gasteiger partial charge is 0.290 e. The summed E-state index contributed by atoms with van der Waals surface area (Å²) in [5, 5.41) is 0.612. The topological polar surface area (TPSA) is 17.3 Å². The highest BCUT2D eigenvalue weighted by Crippen LogP contribution is 2.22. The Bertz CT molecular complexity index is 396. The molecule has 4 heteroatoms. The van der Waals surface area contributed by atoms with Crippen molar-refractivity contribution in [1.82, 2.24) is 9.38 Å². The van der Waals surface area contributed by atoms with E-state index < -0.39 is 0 Å². The minimum Gasteiger partial charge on any atom is -0.290 e. The van der Waals surface area contributed by atoms with E-state index in [0.717, 1.165) is 5.65 Å². The lowest BCUT2D eigenvalue weighted by Gasteiger charge is -1.90. The van der Waals surface area contributed by atoms with Gasteiger partial charge < -0.3 is 0 Å². The fraction of sp³-hybridized carbons (Fsp3) is 0. The van der Waals surface area contributed by atoms with Crippen LogP contribution in [0.4, 0.5) is 0 Å². The average Bonchev–Trinajstić information content (AvgIpc) is 2.30. The Labute approximate surface area is 76.9 Å². The summed E-state index contributed by atoms with van der Waals surface area (Å²) in [6, 6.07) is 5.73. The van der Waals surface area contributed by atoms with Crippen LogP contribution >= 0.6 is 27.5 Å². The lowest BCUT2D eigenvalue weighted by molar-refractivity contribution is 1.19. The van der Waals surface area contributed by atoms with E-state index in [1.165, 1.54) is 0 Å².